The van der Waals surface area contributed by atoms with Crippen molar-refractivity contribution >= 4 is 5.97 Å². The first-order valence-corrected chi connectivity index (χ1v) is 5.88. The Morgan fingerprint density at radius 2 is 2.29 bits per heavy atom. The van der Waals surface area contributed by atoms with Crippen LogP contribution in [0.15, 0.2) is 18.2 Å². The Labute approximate surface area is 100 Å². The minimum absolute atomic E-state index is 0.147. The summed E-state index contributed by atoms with van der Waals surface area (Å²) < 4.78 is 5.63. The maximum atomic E-state index is 10.4. The number of benzene rings is 1. The fraction of sp³-hybridized carbons (Fsp3) is 0.462. The molecule has 2 rings (SSSR count). The van der Waals surface area contributed by atoms with Crippen molar-refractivity contribution in [3.8, 4) is 5.75 Å². The van der Waals surface area contributed by atoms with Gasteiger partial charge in [0.15, 0.2) is 0 Å². The molecule has 92 valence electrons. The molecule has 0 saturated heterocycles. The Kier molecular flexibility index (Phi) is 3.64. The Bertz CT molecular complexity index is 417. The quantitative estimate of drug-likeness (QED) is 0.756. The zero-order chi connectivity index (χ0) is 12.3. The van der Waals surface area contributed by atoms with Crippen molar-refractivity contribution in [3.63, 3.8) is 0 Å². The van der Waals surface area contributed by atoms with Gasteiger partial charge in [-0.2, -0.15) is 0 Å². The van der Waals surface area contributed by atoms with E-state index in [1.54, 1.807) is 0 Å². The first-order chi connectivity index (χ1) is 8.16. The van der Waals surface area contributed by atoms with Gasteiger partial charge in [-0.05, 0) is 36.5 Å². The van der Waals surface area contributed by atoms with Crippen LogP contribution in [0.5, 0.6) is 5.75 Å². The summed E-state index contributed by atoms with van der Waals surface area (Å²) in [7, 11) is 0. The third-order valence-electron chi connectivity index (χ3n) is 2.97. The van der Waals surface area contributed by atoms with Crippen LogP contribution in [0.1, 0.15) is 24.0 Å². The molecule has 0 amide bonds. The van der Waals surface area contributed by atoms with Gasteiger partial charge in [0.25, 0.3) is 0 Å². The Hall–Kier alpha value is -1.55. The molecule has 1 aromatic rings. The molecule has 3 N–H and O–H groups in total. The third-order valence-corrected chi connectivity index (χ3v) is 2.97. The minimum atomic E-state index is -0.783. The zero-order valence-electron chi connectivity index (χ0n) is 9.69. The number of carbonyl (C=O) groups is 1. The summed E-state index contributed by atoms with van der Waals surface area (Å²) in [6, 6.07) is 6.15. The van der Waals surface area contributed by atoms with Crippen LogP contribution in [0.3, 0.4) is 0 Å². The van der Waals surface area contributed by atoms with Crippen molar-refractivity contribution < 1.29 is 14.6 Å². The SMILES string of the molecule is NC1Cc2cccc(OCCCC(=O)O)c2C1. The van der Waals surface area contributed by atoms with Crippen molar-refractivity contribution in [2.45, 2.75) is 31.7 Å². The zero-order valence-corrected chi connectivity index (χ0v) is 9.69. The van der Waals surface area contributed by atoms with Crippen LogP contribution in [0.25, 0.3) is 0 Å². The third kappa shape index (κ3) is 2.97. The molecule has 0 aromatic heterocycles. The highest BCUT2D eigenvalue weighted by Gasteiger charge is 2.21. The van der Waals surface area contributed by atoms with E-state index in [0.717, 1.165) is 18.6 Å². The van der Waals surface area contributed by atoms with Gasteiger partial charge in [-0.15, -0.1) is 0 Å². The first kappa shape index (κ1) is 11.9. The van der Waals surface area contributed by atoms with Gasteiger partial charge in [0.05, 0.1) is 6.61 Å². The highest BCUT2D eigenvalue weighted by molar-refractivity contribution is 5.66. The summed E-state index contributed by atoms with van der Waals surface area (Å²) >= 11 is 0. The van der Waals surface area contributed by atoms with Gasteiger partial charge in [0, 0.05) is 12.5 Å². The number of nitrogens with two attached hydrogens (primary N) is 1. The molecule has 1 aliphatic rings. The van der Waals surface area contributed by atoms with Gasteiger partial charge in [-0.1, -0.05) is 12.1 Å². The van der Waals surface area contributed by atoms with Crippen LogP contribution in [-0.2, 0) is 17.6 Å². The lowest BCUT2D eigenvalue weighted by Gasteiger charge is -2.10. The maximum Gasteiger partial charge on any atom is 0.303 e. The number of hydrogen-bond acceptors (Lipinski definition) is 3. The number of fused-ring (bicyclic) bond motifs is 1. The molecule has 17 heavy (non-hydrogen) atoms. The van der Waals surface area contributed by atoms with Gasteiger partial charge in [0.1, 0.15) is 5.75 Å². The van der Waals surface area contributed by atoms with Crippen molar-refractivity contribution in [3.05, 3.63) is 29.3 Å². The molecule has 0 fully saturated rings. The van der Waals surface area contributed by atoms with Gasteiger partial charge >= 0.3 is 5.97 Å². The molecule has 4 nitrogen and oxygen atoms in total. The molecule has 1 aromatic carbocycles. The van der Waals surface area contributed by atoms with Crippen LogP contribution in [0.2, 0.25) is 0 Å². The summed E-state index contributed by atoms with van der Waals surface area (Å²) in [5.41, 5.74) is 8.36. The second kappa shape index (κ2) is 5.19. The molecule has 0 heterocycles. The van der Waals surface area contributed by atoms with Crippen molar-refractivity contribution in [2.75, 3.05) is 6.61 Å². The summed E-state index contributed by atoms with van der Waals surface area (Å²) in [5.74, 6) is 0.0785. The number of carboxylic acids is 1. The van der Waals surface area contributed by atoms with E-state index in [0.29, 0.717) is 13.0 Å². The largest absolute Gasteiger partial charge is 0.493 e. The fourth-order valence-corrected chi connectivity index (χ4v) is 2.19. The molecule has 1 atom stereocenters. The predicted octanol–water partition coefficient (Wildman–Crippen LogP) is 1.36. The summed E-state index contributed by atoms with van der Waals surface area (Å²) in [4.78, 5) is 10.4. The molecule has 1 aliphatic carbocycles. The van der Waals surface area contributed by atoms with Gasteiger partial charge in [-0.3, -0.25) is 4.79 Å². The van der Waals surface area contributed by atoms with E-state index in [1.807, 2.05) is 12.1 Å². The van der Waals surface area contributed by atoms with E-state index in [4.69, 9.17) is 15.6 Å². The maximum absolute atomic E-state index is 10.4. The average Bonchev–Trinajstić information content (AvgIpc) is 2.65. The Balaban J connectivity index is 1.94. The molecular weight excluding hydrogens is 218 g/mol. The van der Waals surface area contributed by atoms with E-state index in [-0.39, 0.29) is 12.5 Å². The van der Waals surface area contributed by atoms with Gasteiger partial charge in [-0.25, -0.2) is 0 Å². The average molecular weight is 235 g/mol. The predicted molar refractivity (Wildman–Crippen MR) is 64.2 cm³/mol. The van der Waals surface area contributed by atoms with E-state index in [1.165, 1.54) is 11.1 Å². The van der Waals surface area contributed by atoms with Crippen LogP contribution >= 0.6 is 0 Å². The standard InChI is InChI=1S/C13H17NO3/c14-10-7-9-3-1-4-12(11(9)8-10)17-6-2-5-13(15)16/h1,3-4,10H,2,5-8,14H2,(H,15,16). The van der Waals surface area contributed by atoms with Crippen molar-refractivity contribution in [2.24, 2.45) is 5.73 Å². The highest BCUT2D eigenvalue weighted by atomic mass is 16.5. The second-order valence-corrected chi connectivity index (χ2v) is 4.41. The molecule has 4 heteroatoms. The first-order valence-electron chi connectivity index (χ1n) is 5.88. The number of ether oxygens (including phenoxy) is 1. The number of rotatable bonds is 5. The Morgan fingerprint density at radius 3 is 3.06 bits per heavy atom. The lowest BCUT2D eigenvalue weighted by molar-refractivity contribution is -0.137. The molecule has 0 radical (unpaired) electrons. The summed E-state index contributed by atoms with van der Waals surface area (Å²) in [6.45, 7) is 0.442. The molecule has 0 aliphatic heterocycles. The number of hydrogen-bond donors (Lipinski definition) is 2. The van der Waals surface area contributed by atoms with E-state index in [2.05, 4.69) is 6.07 Å². The normalized spacial score (nSPS) is 17.8. The summed E-state index contributed by atoms with van der Waals surface area (Å²) in [6.07, 6.45) is 2.44. The smallest absolute Gasteiger partial charge is 0.303 e. The summed E-state index contributed by atoms with van der Waals surface area (Å²) in [5, 5.41) is 8.53. The van der Waals surface area contributed by atoms with E-state index < -0.39 is 5.97 Å². The molecule has 0 spiro atoms. The van der Waals surface area contributed by atoms with E-state index in [9.17, 15) is 4.79 Å². The molecule has 1 unspecified atom stereocenters. The topological polar surface area (TPSA) is 72.5 Å². The van der Waals surface area contributed by atoms with Gasteiger partial charge in [0.2, 0.25) is 0 Å². The lowest BCUT2D eigenvalue weighted by atomic mass is 10.1. The molecular formula is C13H17NO3. The van der Waals surface area contributed by atoms with Crippen LogP contribution < -0.4 is 10.5 Å². The molecule has 0 saturated carbocycles. The minimum Gasteiger partial charge on any atom is -0.493 e. The van der Waals surface area contributed by atoms with Crippen molar-refractivity contribution in [1.82, 2.24) is 0 Å². The van der Waals surface area contributed by atoms with Crippen LogP contribution in [0, 0.1) is 0 Å². The highest BCUT2D eigenvalue weighted by Crippen LogP contribution is 2.30. The molecule has 0 bridgehead atoms. The van der Waals surface area contributed by atoms with E-state index >= 15 is 0 Å². The van der Waals surface area contributed by atoms with Crippen LogP contribution in [-0.4, -0.2) is 23.7 Å². The van der Waals surface area contributed by atoms with Gasteiger partial charge < -0.3 is 15.6 Å². The second-order valence-electron chi connectivity index (χ2n) is 4.41. The van der Waals surface area contributed by atoms with Crippen molar-refractivity contribution in [1.29, 1.82) is 0 Å². The number of carboxylic acid groups (broad SMARTS) is 1. The van der Waals surface area contributed by atoms with Crippen LogP contribution in [0.4, 0.5) is 0 Å². The number of aliphatic carboxylic acids is 1. The fourth-order valence-electron chi connectivity index (χ4n) is 2.19. The monoisotopic (exact) mass is 235 g/mol. The lowest BCUT2D eigenvalue weighted by Crippen LogP contribution is -2.19. The Morgan fingerprint density at radius 1 is 1.47 bits per heavy atom.